The van der Waals surface area contributed by atoms with E-state index >= 15 is 0 Å². The first kappa shape index (κ1) is 13.3. The summed E-state index contributed by atoms with van der Waals surface area (Å²) in [5.41, 5.74) is 0.782. The van der Waals surface area contributed by atoms with Crippen molar-refractivity contribution < 1.29 is 9.53 Å². The number of ether oxygens (including phenoxy) is 1. The van der Waals surface area contributed by atoms with Crippen molar-refractivity contribution in [3.63, 3.8) is 0 Å². The third-order valence-corrected chi connectivity index (χ3v) is 4.01. The maximum absolute atomic E-state index is 11.7. The third-order valence-electron chi connectivity index (χ3n) is 4.01. The summed E-state index contributed by atoms with van der Waals surface area (Å²) < 4.78 is 4.87. The molecule has 0 aromatic carbocycles. The molecule has 1 fully saturated rings. The van der Waals surface area contributed by atoms with E-state index in [0.717, 1.165) is 5.57 Å². The highest BCUT2D eigenvalue weighted by Gasteiger charge is 2.36. The number of esters is 1. The van der Waals surface area contributed by atoms with E-state index in [1.165, 1.54) is 39.2 Å². The van der Waals surface area contributed by atoms with Crippen LogP contribution in [0.5, 0.6) is 0 Å². The van der Waals surface area contributed by atoms with E-state index in [1.54, 1.807) is 0 Å². The molecule has 0 spiro atoms. The summed E-state index contributed by atoms with van der Waals surface area (Å²) in [6.07, 6.45) is 8.33. The minimum Gasteiger partial charge on any atom is -0.466 e. The summed E-state index contributed by atoms with van der Waals surface area (Å²) in [5, 5.41) is 0. The fourth-order valence-electron chi connectivity index (χ4n) is 2.91. The predicted molar refractivity (Wildman–Crippen MR) is 66.1 cm³/mol. The van der Waals surface area contributed by atoms with Gasteiger partial charge in [0.05, 0.1) is 7.11 Å². The summed E-state index contributed by atoms with van der Waals surface area (Å²) in [7, 11) is 1.46. The Bertz CT molecular complexity index is 270. The minimum atomic E-state index is -0.168. The first-order valence-corrected chi connectivity index (χ1v) is 6.29. The van der Waals surface area contributed by atoms with Gasteiger partial charge in [0.25, 0.3) is 0 Å². The summed E-state index contributed by atoms with van der Waals surface area (Å²) in [5.74, 6) is 0.449. The van der Waals surface area contributed by atoms with Crippen LogP contribution in [0, 0.1) is 11.3 Å². The van der Waals surface area contributed by atoms with E-state index in [0.29, 0.717) is 5.92 Å². The van der Waals surface area contributed by atoms with Gasteiger partial charge < -0.3 is 4.74 Å². The Morgan fingerprint density at radius 3 is 2.25 bits per heavy atom. The van der Waals surface area contributed by atoms with Crippen LogP contribution in [0.2, 0.25) is 0 Å². The number of hydrogen-bond donors (Lipinski definition) is 0. The van der Waals surface area contributed by atoms with Gasteiger partial charge >= 0.3 is 5.97 Å². The van der Waals surface area contributed by atoms with Crippen LogP contribution >= 0.6 is 0 Å². The van der Waals surface area contributed by atoms with Crippen molar-refractivity contribution >= 4 is 5.97 Å². The number of carbonyl (C=O) groups is 1. The lowest BCUT2D eigenvalue weighted by Gasteiger charge is -2.37. The number of methoxy groups -OCH3 is 1. The molecule has 0 aromatic heterocycles. The molecule has 2 heteroatoms. The largest absolute Gasteiger partial charge is 0.466 e. The average Bonchev–Trinajstić information content (AvgIpc) is 2.30. The van der Waals surface area contributed by atoms with Crippen LogP contribution in [0.15, 0.2) is 11.6 Å². The fraction of sp³-hybridized carbons (Fsp3) is 0.786. The van der Waals surface area contributed by atoms with E-state index < -0.39 is 0 Å². The lowest BCUT2D eigenvalue weighted by molar-refractivity contribution is -0.137. The smallest absolute Gasteiger partial charge is 0.333 e. The van der Waals surface area contributed by atoms with Gasteiger partial charge in [-0.15, -0.1) is 0 Å². The Morgan fingerprint density at radius 2 is 1.81 bits per heavy atom. The quantitative estimate of drug-likeness (QED) is 0.539. The second kappa shape index (κ2) is 5.51. The van der Waals surface area contributed by atoms with Crippen molar-refractivity contribution in [2.24, 2.45) is 11.3 Å². The minimum absolute atomic E-state index is 0.0533. The highest BCUT2D eigenvalue weighted by molar-refractivity contribution is 5.89. The Labute approximate surface area is 99.1 Å². The zero-order valence-electron chi connectivity index (χ0n) is 11.0. The molecular formula is C14H24O2. The molecule has 0 radical (unpaired) electrons. The Morgan fingerprint density at radius 1 is 1.25 bits per heavy atom. The highest BCUT2D eigenvalue weighted by atomic mass is 16.5. The standard InChI is InChI=1S/C14H24O2/c1-5-12(13(15)16-4)14(2,3)11-9-7-6-8-10-11/h5,11H,6-10H2,1-4H3. The molecule has 0 atom stereocenters. The second-order valence-electron chi connectivity index (χ2n) is 5.25. The number of allylic oxidation sites excluding steroid dienone is 1. The van der Waals surface area contributed by atoms with Gasteiger partial charge in [-0.25, -0.2) is 4.79 Å². The maximum atomic E-state index is 11.7. The van der Waals surface area contributed by atoms with Gasteiger partial charge in [-0.1, -0.05) is 39.2 Å². The van der Waals surface area contributed by atoms with Gasteiger partial charge in [0, 0.05) is 5.57 Å². The van der Waals surface area contributed by atoms with E-state index in [1.807, 2.05) is 13.0 Å². The van der Waals surface area contributed by atoms with Gasteiger partial charge in [-0.05, 0) is 31.1 Å². The van der Waals surface area contributed by atoms with E-state index in [2.05, 4.69) is 13.8 Å². The molecule has 0 unspecified atom stereocenters. The molecule has 16 heavy (non-hydrogen) atoms. The Balaban J connectivity index is 2.84. The van der Waals surface area contributed by atoms with Crippen molar-refractivity contribution in [1.82, 2.24) is 0 Å². The lowest BCUT2D eigenvalue weighted by Crippen LogP contribution is -2.32. The van der Waals surface area contributed by atoms with Gasteiger partial charge in [0.2, 0.25) is 0 Å². The number of rotatable bonds is 3. The summed E-state index contributed by atoms with van der Waals surface area (Å²) >= 11 is 0. The van der Waals surface area contributed by atoms with Crippen molar-refractivity contribution in [3.05, 3.63) is 11.6 Å². The van der Waals surface area contributed by atoms with E-state index in [4.69, 9.17) is 4.74 Å². The van der Waals surface area contributed by atoms with Crippen molar-refractivity contribution in [1.29, 1.82) is 0 Å². The number of carbonyl (C=O) groups excluding carboxylic acids is 1. The first-order valence-electron chi connectivity index (χ1n) is 6.29. The monoisotopic (exact) mass is 224 g/mol. The molecule has 1 aliphatic carbocycles. The molecule has 0 aliphatic heterocycles. The zero-order valence-corrected chi connectivity index (χ0v) is 11.0. The van der Waals surface area contributed by atoms with Gasteiger partial charge in [0.1, 0.15) is 0 Å². The molecule has 1 aliphatic rings. The van der Waals surface area contributed by atoms with Gasteiger partial charge in [-0.2, -0.15) is 0 Å². The Hall–Kier alpha value is -0.790. The first-order chi connectivity index (χ1) is 7.54. The molecule has 1 rings (SSSR count). The zero-order chi connectivity index (χ0) is 12.2. The molecule has 1 saturated carbocycles. The van der Waals surface area contributed by atoms with E-state index in [9.17, 15) is 4.79 Å². The predicted octanol–water partition coefficient (Wildman–Crippen LogP) is 3.71. The van der Waals surface area contributed by atoms with Gasteiger partial charge in [0.15, 0.2) is 0 Å². The molecule has 0 aromatic rings. The summed E-state index contributed by atoms with van der Waals surface area (Å²) in [4.78, 5) is 11.7. The average molecular weight is 224 g/mol. The van der Waals surface area contributed by atoms with E-state index in [-0.39, 0.29) is 11.4 Å². The molecule has 2 nitrogen and oxygen atoms in total. The SMILES string of the molecule is CC=C(C(=O)OC)C(C)(C)C1CCCCC1. The fourth-order valence-corrected chi connectivity index (χ4v) is 2.91. The molecule has 92 valence electrons. The van der Waals surface area contributed by atoms with Crippen molar-refractivity contribution in [3.8, 4) is 0 Å². The molecule has 0 bridgehead atoms. The van der Waals surface area contributed by atoms with Crippen LogP contribution in [-0.2, 0) is 9.53 Å². The maximum Gasteiger partial charge on any atom is 0.333 e. The second-order valence-corrected chi connectivity index (χ2v) is 5.25. The van der Waals surface area contributed by atoms with Crippen LogP contribution in [0.3, 0.4) is 0 Å². The molecule has 0 heterocycles. The van der Waals surface area contributed by atoms with Crippen LogP contribution in [0.4, 0.5) is 0 Å². The van der Waals surface area contributed by atoms with Crippen molar-refractivity contribution in [2.75, 3.05) is 7.11 Å². The van der Waals surface area contributed by atoms with Gasteiger partial charge in [-0.3, -0.25) is 0 Å². The highest BCUT2D eigenvalue weighted by Crippen LogP contribution is 2.43. The van der Waals surface area contributed by atoms with Crippen LogP contribution in [0.1, 0.15) is 52.9 Å². The molecular weight excluding hydrogens is 200 g/mol. The topological polar surface area (TPSA) is 26.3 Å². The molecule has 0 amide bonds. The van der Waals surface area contributed by atoms with Crippen LogP contribution in [-0.4, -0.2) is 13.1 Å². The van der Waals surface area contributed by atoms with Crippen LogP contribution < -0.4 is 0 Å². The normalized spacial score (nSPS) is 19.6. The van der Waals surface area contributed by atoms with Crippen molar-refractivity contribution in [2.45, 2.75) is 52.9 Å². The summed E-state index contributed by atoms with van der Waals surface area (Å²) in [6.45, 7) is 6.28. The molecule has 0 N–H and O–H groups in total. The third kappa shape index (κ3) is 2.66. The molecule has 0 saturated heterocycles. The van der Waals surface area contributed by atoms with Crippen LogP contribution in [0.25, 0.3) is 0 Å². The lowest BCUT2D eigenvalue weighted by atomic mass is 9.67. The Kier molecular flexibility index (Phi) is 4.57. The number of hydrogen-bond acceptors (Lipinski definition) is 2. The summed E-state index contributed by atoms with van der Waals surface area (Å²) in [6, 6.07) is 0.